The molecule has 1 aliphatic rings. The molecule has 2 aromatic rings. The second-order valence-electron chi connectivity index (χ2n) is 4.51. The number of nitrogens with two attached hydrogens (primary N) is 1. The molecule has 18 heavy (non-hydrogen) atoms. The molecule has 1 aliphatic heterocycles. The van der Waals surface area contributed by atoms with Gasteiger partial charge in [-0.05, 0) is 25.5 Å². The van der Waals surface area contributed by atoms with Crippen molar-refractivity contribution in [1.29, 1.82) is 0 Å². The van der Waals surface area contributed by atoms with Crippen molar-refractivity contribution in [2.75, 3.05) is 18.8 Å². The number of anilines is 1. The summed E-state index contributed by atoms with van der Waals surface area (Å²) in [6.45, 7) is 7.13. The van der Waals surface area contributed by atoms with Crippen molar-refractivity contribution in [2.45, 2.75) is 26.8 Å². The maximum atomic E-state index is 6.12. The van der Waals surface area contributed by atoms with Gasteiger partial charge in [-0.2, -0.15) is 4.98 Å². The first-order valence-electron chi connectivity index (χ1n) is 6.12. The maximum Gasteiger partial charge on any atom is 0.261 e. The number of hydrogen-bond donors (Lipinski definition) is 1. The lowest BCUT2D eigenvalue weighted by atomic mass is 10.0. The topological polar surface area (TPSA) is 68.2 Å². The highest BCUT2D eigenvalue weighted by atomic mass is 32.1. The van der Waals surface area contributed by atoms with Gasteiger partial charge >= 0.3 is 0 Å². The fourth-order valence-electron chi connectivity index (χ4n) is 2.38. The minimum absolute atomic E-state index is 0.562. The van der Waals surface area contributed by atoms with E-state index in [1.54, 1.807) is 11.3 Å². The molecule has 0 atom stereocenters. The van der Waals surface area contributed by atoms with E-state index in [0.29, 0.717) is 11.7 Å². The number of aryl methyl sites for hydroxylation is 1. The van der Waals surface area contributed by atoms with E-state index in [1.165, 1.54) is 10.4 Å². The third kappa shape index (κ3) is 1.81. The normalized spacial score (nSPS) is 15.9. The monoisotopic (exact) mass is 264 g/mol. The Labute approximate surface area is 110 Å². The van der Waals surface area contributed by atoms with E-state index in [2.05, 4.69) is 22.0 Å². The Morgan fingerprint density at radius 3 is 3.00 bits per heavy atom. The molecule has 0 spiro atoms. The molecule has 5 nitrogen and oxygen atoms in total. The van der Waals surface area contributed by atoms with Crippen molar-refractivity contribution < 1.29 is 4.52 Å². The van der Waals surface area contributed by atoms with Crippen LogP contribution in [-0.4, -0.2) is 28.1 Å². The molecule has 0 bridgehead atoms. The van der Waals surface area contributed by atoms with Crippen LogP contribution in [0.1, 0.15) is 23.2 Å². The number of likely N-dealkylation sites (N-methyl/N-ethyl adjacent to an activating group) is 1. The van der Waals surface area contributed by atoms with E-state index in [4.69, 9.17) is 10.3 Å². The van der Waals surface area contributed by atoms with Gasteiger partial charge in [-0.25, -0.2) is 0 Å². The largest absolute Gasteiger partial charge is 0.390 e. The first-order chi connectivity index (χ1) is 8.69. The van der Waals surface area contributed by atoms with E-state index in [0.717, 1.165) is 36.6 Å². The summed E-state index contributed by atoms with van der Waals surface area (Å²) >= 11 is 1.65. The molecular weight excluding hydrogens is 248 g/mol. The Bertz CT molecular complexity index is 575. The van der Waals surface area contributed by atoms with Crippen LogP contribution >= 0.6 is 11.3 Å². The zero-order valence-electron chi connectivity index (χ0n) is 10.6. The van der Waals surface area contributed by atoms with Gasteiger partial charge in [-0.15, -0.1) is 11.3 Å². The molecule has 96 valence electrons. The van der Waals surface area contributed by atoms with Gasteiger partial charge < -0.3 is 10.3 Å². The number of thiophene rings is 1. The van der Waals surface area contributed by atoms with Crippen LogP contribution in [0.4, 0.5) is 5.00 Å². The van der Waals surface area contributed by atoms with Crippen LogP contribution in [0.2, 0.25) is 0 Å². The summed E-state index contributed by atoms with van der Waals surface area (Å²) in [5, 5.41) is 4.64. The first-order valence-corrected chi connectivity index (χ1v) is 6.93. The molecule has 0 saturated carbocycles. The Balaban J connectivity index is 2.04. The standard InChI is InChI=1S/C12H16N4OS/c1-3-16-5-4-8-9(6-16)18-11(13)10(8)12-14-7(2)15-17-12/h3-6,13H2,1-2H3. The first kappa shape index (κ1) is 11.7. The zero-order chi connectivity index (χ0) is 12.7. The highest BCUT2D eigenvalue weighted by molar-refractivity contribution is 7.16. The number of hydrogen-bond acceptors (Lipinski definition) is 6. The second-order valence-corrected chi connectivity index (χ2v) is 5.65. The zero-order valence-corrected chi connectivity index (χ0v) is 11.4. The summed E-state index contributed by atoms with van der Waals surface area (Å²) in [6.07, 6.45) is 1.01. The Morgan fingerprint density at radius 1 is 1.50 bits per heavy atom. The molecule has 0 saturated heterocycles. The van der Waals surface area contributed by atoms with Crippen molar-refractivity contribution in [1.82, 2.24) is 15.0 Å². The molecule has 0 amide bonds. The van der Waals surface area contributed by atoms with Gasteiger partial charge in [0.25, 0.3) is 5.89 Å². The van der Waals surface area contributed by atoms with Gasteiger partial charge in [0.05, 0.1) is 10.6 Å². The van der Waals surface area contributed by atoms with Crippen molar-refractivity contribution in [2.24, 2.45) is 0 Å². The molecule has 3 rings (SSSR count). The lowest BCUT2D eigenvalue weighted by Crippen LogP contribution is -2.29. The van der Waals surface area contributed by atoms with E-state index >= 15 is 0 Å². The highest BCUT2D eigenvalue weighted by Gasteiger charge is 2.26. The van der Waals surface area contributed by atoms with Crippen molar-refractivity contribution >= 4 is 16.3 Å². The SMILES string of the molecule is CCN1CCc2c(sc(N)c2-c2nc(C)no2)C1. The minimum atomic E-state index is 0.562. The lowest BCUT2D eigenvalue weighted by molar-refractivity contribution is 0.271. The minimum Gasteiger partial charge on any atom is -0.390 e. The predicted octanol–water partition coefficient (Wildman–Crippen LogP) is 2.07. The van der Waals surface area contributed by atoms with Crippen LogP contribution < -0.4 is 5.73 Å². The number of nitrogens with zero attached hydrogens (tertiary/aromatic N) is 3. The average Bonchev–Trinajstić information content (AvgIpc) is 2.90. The molecule has 0 aromatic carbocycles. The number of nitrogen functional groups attached to an aromatic ring is 1. The predicted molar refractivity (Wildman–Crippen MR) is 71.4 cm³/mol. The van der Waals surface area contributed by atoms with Crippen LogP contribution in [0.5, 0.6) is 0 Å². The molecule has 0 fully saturated rings. The van der Waals surface area contributed by atoms with E-state index in [1.807, 2.05) is 6.92 Å². The van der Waals surface area contributed by atoms with Gasteiger partial charge in [0.15, 0.2) is 5.82 Å². The molecule has 2 N–H and O–H groups in total. The lowest BCUT2D eigenvalue weighted by Gasteiger charge is -2.25. The number of rotatable bonds is 2. The van der Waals surface area contributed by atoms with Crippen LogP contribution in [0.3, 0.4) is 0 Å². The van der Waals surface area contributed by atoms with Gasteiger partial charge in [0.2, 0.25) is 0 Å². The summed E-state index contributed by atoms with van der Waals surface area (Å²) in [5.74, 6) is 1.21. The Kier molecular flexibility index (Phi) is 2.83. The summed E-state index contributed by atoms with van der Waals surface area (Å²) in [7, 11) is 0. The number of fused-ring (bicyclic) bond motifs is 1. The van der Waals surface area contributed by atoms with E-state index in [9.17, 15) is 0 Å². The summed E-state index contributed by atoms with van der Waals surface area (Å²) in [5.41, 5.74) is 8.38. The van der Waals surface area contributed by atoms with E-state index < -0.39 is 0 Å². The van der Waals surface area contributed by atoms with Crippen molar-refractivity contribution in [3.8, 4) is 11.5 Å². The van der Waals surface area contributed by atoms with Gasteiger partial charge in [-0.3, -0.25) is 4.90 Å². The van der Waals surface area contributed by atoms with Gasteiger partial charge in [0.1, 0.15) is 0 Å². The van der Waals surface area contributed by atoms with Gasteiger partial charge in [0, 0.05) is 18.0 Å². The maximum absolute atomic E-state index is 6.12. The molecule has 3 heterocycles. The Morgan fingerprint density at radius 2 is 2.33 bits per heavy atom. The van der Waals surface area contributed by atoms with Crippen LogP contribution in [0.25, 0.3) is 11.5 Å². The molecule has 0 unspecified atom stereocenters. The fourth-order valence-corrected chi connectivity index (χ4v) is 3.53. The molecule has 6 heteroatoms. The van der Waals surface area contributed by atoms with Crippen molar-refractivity contribution in [3.63, 3.8) is 0 Å². The number of aromatic nitrogens is 2. The quantitative estimate of drug-likeness (QED) is 0.899. The molecular formula is C12H16N4OS. The van der Waals surface area contributed by atoms with E-state index in [-0.39, 0.29) is 0 Å². The molecule has 0 radical (unpaired) electrons. The third-order valence-electron chi connectivity index (χ3n) is 3.35. The second kappa shape index (κ2) is 4.37. The Hall–Kier alpha value is -1.40. The van der Waals surface area contributed by atoms with Gasteiger partial charge in [-0.1, -0.05) is 12.1 Å². The summed E-state index contributed by atoms with van der Waals surface area (Å²) in [4.78, 5) is 8.05. The fraction of sp³-hybridized carbons (Fsp3) is 0.500. The van der Waals surface area contributed by atoms with Crippen molar-refractivity contribution in [3.05, 3.63) is 16.3 Å². The molecule has 2 aromatic heterocycles. The highest BCUT2D eigenvalue weighted by Crippen LogP contribution is 2.40. The average molecular weight is 264 g/mol. The smallest absolute Gasteiger partial charge is 0.261 e. The molecule has 0 aliphatic carbocycles. The summed E-state index contributed by atoms with van der Waals surface area (Å²) < 4.78 is 5.26. The summed E-state index contributed by atoms with van der Waals surface area (Å²) in [6, 6.07) is 0. The van der Waals surface area contributed by atoms with Crippen LogP contribution in [0, 0.1) is 6.92 Å². The van der Waals surface area contributed by atoms with Crippen LogP contribution in [-0.2, 0) is 13.0 Å². The third-order valence-corrected chi connectivity index (χ3v) is 4.40. The van der Waals surface area contributed by atoms with Crippen LogP contribution in [0.15, 0.2) is 4.52 Å².